The van der Waals surface area contributed by atoms with Gasteiger partial charge in [0.05, 0.1) is 5.54 Å². The van der Waals surface area contributed by atoms with Gasteiger partial charge in [0.15, 0.2) is 0 Å². The van der Waals surface area contributed by atoms with Gasteiger partial charge in [-0.1, -0.05) is 25.1 Å². The summed E-state index contributed by atoms with van der Waals surface area (Å²) in [6, 6.07) is 9.47. The van der Waals surface area contributed by atoms with Crippen molar-refractivity contribution in [3.63, 3.8) is 0 Å². The maximum Gasteiger partial charge on any atom is 0.322 e. The van der Waals surface area contributed by atoms with Crippen LogP contribution in [0.4, 0.5) is 10.5 Å². The highest BCUT2D eigenvalue weighted by Crippen LogP contribution is 2.35. The number of carbonyl (C=O) groups excluding carboxylic acids is 1. The van der Waals surface area contributed by atoms with Crippen molar-refractivity contribution in [1.29, 1.82) is 0 Å². The van der Waals surface area contributed by atoms with Gasteiger partial charge in [-0.25, -0.2) is 4.79 Å². The van der Waals surface area contributed by atoms with Crippen LogP contribution in [0.2, 0.25) is 0 Å². The van der Waals surface area contributed by atoms with Crippen LogP contribution in [0.3, 0.4) is 0 Å². The number of anilines is 1. The van der Waals surface area contributed by atoms with Crippen molar-refractivity contribution < 1.29 is 4.79 Å². The number of para-hydroxylation sites is 1. The van der Waals surface area contributed by atoms with E-state index < -0.39 is 0 Å². The molecule has 0 unspecified atom stereocenters. The number of benzene rings is 1. The minimum atomic E-state index is -0.189. The Morgan fingerprint density at radius 1 is 1.35 bits per heavy atom. The third-order valence-electron chi connectivity index (χ3n) is 4.63. The van der Waals surface area contributed by atoms with E-state index in [-0.39, 0.29) is 11.6 Å². The highest BCUT2D eigenvalue weighted by Gasteiger charge is 2.38. The number of carbonyl (C=O) groups is 1. The van der Waals surface area contributed by atoms with Gasteiger partial charge >= 0.3 is 6.03 Å². The van der Waals surface area contributed by atoms with E-state index in [1.165, 1.54) is 0 Å². The quantitative estimate of drug-likeness (QED) is 0.890. The molecule has 4 nitrogen and oxygen atoms in total. The Labute approximate surface area is 121 Å². The fraction of sp³-hybridized carbons (Fsp3) is 0.562. The first-order valence-electron chi connectivity index (χ1n) is 7.37. The van der Waals surface area contributed by atoms with E-state index in [0.717, 1.165) is 37.3 Å². The Balaban J connectivity index is 2.04. The van der Waals surface area contributed by atoms with Crippen molar-refractivity contribution in [3.8, 4) is 0 Å². The third-order valence-corrected chi connectivity index (χ3v) is 4.63. The Morgan fingerprint density at radius 3 is 2.50 bits per heavy atom. The highest BCUT2D eigenvalue weighted by atomic mass is 16.2. The predicted octanol–water partition coefficient (Wildman–Crippen LogP) is 3.06. The number of nitrogens with two attached hydrogens (primary N) is 1. The SMILES string of the molecule is CC1CCC(CN)(N(C)C(=O)Nc2ccccc2)CC1. The van der Waals surface area contributed by atoms with Gasteiger partial charge in [0.2, 0.25) is 0 Å². The van der Waals surface area contributed by atoms with Crippen LogP contribution < -0.4 is 11.1 Å². The van der Waals surface area contributed by atoms with Crippen molar-refractivity contribution in [2.24, 2.45) is 11.7 Å². The summed E-state index contributed by atoms with van der Waals surface area (Å²) < 4.78 is 0. The molecule has 110 valence electrons. The Morgan fingerprint density at radius 2 is 1.95 bits per heavy atom. The lowest BCUT2D eigenvalue weighted by Gasteiger charge is -2.45. The van der Waals surface area contributed by atoms with Gasteiger partial charge in [0.25, 0.3) is 0 Å². The van der Waals surface area contributed by atoms with Crippen LogP contribution in [0.1, 0.15) is 32.6 Å². The second-order valence-electron chi connectivity index (χ2n) is 5.97. The van der Waals surface area contributed by atoms with Crippen LogP contribution in [0, 0.1) is 5.92 Å². The molecule has 20 heavy (non-hydrogen) atoms. The van der Waals surface area contributed by atoms with Crippen LogP contribution in [0.25, 0.3) is 0 Å². The smallest absolute Gasteiger partial charge is 0.322 e. The van der Waals surface area contributed by atoms with Gasteiger partial charge < -0.3 is 16.0 Å². The Bertz CT molecular complexity index is 438. The maximum atomic E-state index is 12.4. The Kier molecular flexibility index (Phi) is 4.65. The molecule has 1 fully saturated rings. The number of amides is 2. The average Bonchev–Trinajstić information content (AvgIpc) is 2.49. The summed E-state index contributed by atoms with van der Waals surface area (Å²) in [6.07, 6.45) is 4.26. The lowest BCUT2D eigenvalue weighted by Crippen LogP contribution is -2.57. The average molecular weight is 275 g/mol. The lowest BCUT2D eigenvalue weighted by atomic mass is 9.76. The second-order valence-corrected chi connectivity index (χ2v) is 5.97. The zero-order valence-electron chi connectivity index (χ0n) is 12.4. The topological polar surface area (TPSA) is 58.4 Å². The normalized spacial score (nSPS) is 26.1. The largest absolute Gasteiger partial charge is 0.328 e. The van der Waals surface area contributed by atoms with E-state index in [9.17, 15) is 4.79 Å². The monoisotopic (exact) mass is 275 g/mol. The molecule has 0 aromatic heterocycles. The van der Waals surface area contributed by atoms with Crippen LogP contribution in [0.15, 0.2) is 30.3 Å². The molecule has 1 aromatic rings. The summed E-state index contributed by atoms with van der Waals surface area (Å²) in [5.74, 6) is 0.736. The van der Waals surface area contributed by atoms with Crippen molar-refractivity contribution >= 4 is 11.7 Å². The van der Waals surface area contributed by atoms with Crippen molar-refractivity contribution in [1.82, 2.24) is 4.90 Å². The fourth-order valence-corrected chi connectivity index (χ4v) is 2.92. The van der Waals surface area contributed by atoms with Gasteiger partial charge in [0.1, 0.15) is 0 Å². The molecule has 2 amide bonds. The molecular weight excluding hydrogens is 250 g/mol. The van der Waals surface area contributed by atoms with Crippen LogP contribution >= 0.6 is 0 Å². The summed E-state index contributed by atoms with van der Waals surface area (Å²) in [7, 11) is 1.86. The minimum absolute atomic E-state index is 0.0730. The number of nitrogens with zero attached hydrogens (tertiary/aromatic N) is 1. The first kappa shape index (κ1) is 14.9. The van der Waals surface area contributed by atoms with Gasteiger partial charge in [-0.05, 0) is 43.7 Å². The molecule has 1 saturated carbocycles. The maximum absolute atomic E-state index is 12.4. The van der Waals surface area contributed by atoms with E-state index in [0.29, 0.717) is 6.54 Å². The second kappa shape index (κ2) is 6.27. The summed E-state index contributed by atoms with van der Waals surface area (Å²) in [5.41, 5.74) is 6.63. The van der Waals surface area contributed by atoms with Crippen LogP contribution in [0.5, 0.6) is 0 Å². The number of rotatable bonds is 3. The molecule has 1 aliphatic rings. The zero-order chi connectivity index (χ0) is 14.6. The fourth-order valence-electron chi connectivity index (χ4n) is 2.92. The lowest BCUT2D eigenvalue weighted by molar-refractivity contribution is 0.0968. The molecule has 0 atom stereocenters. The number of nitrogens with one attached hydrogen (secondary N) is 1. The van der Waals surface area contributed by atoms with Crippen LogP contribution in [-0.2, 0) is 0 Å². The number of likely N-dealkylation sites (N-methyl/N-ethyl adjacent to an activating group) is 1. The molecule has 2 rings (SSSR count). The molecule has 0 radical (unpaired) electrons. The first-order chi connectivity index (χ1) is 9.57. The summed E-state index contributed by atoms with van der Waals surface area (Å²) in [6.45, 7) is 2.79. The van der Waals surface area contributed by atoms with E-state index in [4.69, 9.17) is 5.73 Å². The molecule has 0 bridgehead atoms. The highest BCUT2D eigenvalue weighted by molar-refractivity contribution is 5.89. The van der Waals surface area contributed by atoms with E-state index in [1.54, 1.807) is 0 Å². The van der Waals surface area contributed by atoms with E-state index in [1.807, 2.05) is 42.3 Å². The summed E-state index contributed by atoms with van der Waals surface area (Å²) in [4.78, 5) is 14.2. The molecule has 1 aliphatic carbocycles. The first-order valence-corrected chi connectivity index (χ1v) is 7.37. The number of urea groups is 1. The molecule has 0 heterocycles. The molecule has 0 saturated heterocycles. The minimum Gasteiger partial charge on any atom is -0.328 e. The van der Waals surface area contributed by atoms with Crippen molar-refractivity contribution in [2.75, 3.05) is 18.9 Å². The third kappa shape index (κ3) is 3.12. The number of hydrogen-bond acceptors (Lipinski definition) is 2. The molecule has 0 spiro atoms. The summed E-state index contributed by atoms with van der Waals surface area (Å²) >= 11 is 0. The van der Waals surface area contributed by atoms with Gasteiger partial charge in [0, 0.05) is 19.3 Å². The van der Waals surface area contributed by atoms with Crippen molar-refractivity contribution in [3.05, 3.63) is 30.3 Å². The predicted molar refractivity (Wildman–Crippen MR) is 82.6 cm³/mol. The van der Waals surface area contributed by atoms with Crippen molar-refractivity contribution in [2.45, 2.75) is 38.1 Å². The molecule has 0 aliphatic heterocycles. The summed E-state index contributed by atoms with van der Waals surface area (Å²) in [5, 5.41) is 2.94. The Hall–Kier alpha value is -1.55. The van der Waals surface area contributed by atoms with Crippen LogP contribution in [-0.4, -0.2) is 30.1 Å². The molecule has 4 heteroatoms. The molecule has 3 N–H and O–H groups in total. The number of hydrogen-bond donors (Lipinski definition) is 2. The van der Waals surface area contributed by atoms with E-state index >= 15 is 0 Å². The van der Waals surface area contributed by atoms with Gasteiger partial charge in [-0.15, -0.1) is 0 Å². The van der Waals surface area contributed by atoms with E-state index in [2.05, 4.69) is 12.2 Å². The standard InChI is InChI=1S/C16H25N3O/c1-13-8-10-16(12-17,11-9-13)19(2)15(20)18-14-6-4-3-5-7-14/h3-7,13H,8-12,17H2,1-2H3,(H,18,20). The van der Waals surface area contributed by atoms with Gasteiger partial charge in [-0.3, -0.25) is 0 Å². The molecular formula is C16H25N3O. The zero-order valence-corrected chi connectivity index (χ0v) is 12.4. The molecule has 1 aromatic carbocycles. The van der Waals surface area contributed by atoms with Gasteiger partial charge in [-0.2, -0.15) is 0 Å².